The Bertz CT molecular complexity index is 384. The average Bonchev–Trinajstić information content (AvgIpc) is 2.39. The van der Waals surface area contributed by atoms with Crippen LogP contribution in [0.4, 0.5) is 5.82 Å². The van der Waals surface area contributed by atoms with Gasteiger partial charge in [-0.05, 0) is 13.3 Å². The molecule has 0 saturated carbocycles. The van der Waals surface area contributed by atoms with Crippen molar-refractivity contribution >= 4 is 11.7 Å². The van der Waals surface area contributed by atoms with Gasteiger partial charge < -0.3 is 15.4 Å². The number of carbonyl (C=O) groups is 1. The number of rotatable bonds is 7. The van der Waals surface area contributed by atoms with E-state index in [9.17, 15) is 4.79 Å². The van der Waals surface area contributed by atoms with Gasteiger partial charge in [-0.2, -0.15) is 0 Å². The standard InChI is InChI=1S/C12H20N4O2/c1-4-9(2)16-11-7-10(14-8-15-11)12(17)13-5-6-18-3/h7-9H,4-6H2,1-3H3,(H,13,17)(H,14,15,16). The fourth-order valence-corrected chi connectivity index (χ4v) is 1.27. The second-order valence-corrected chi connectivity index (χ2v) is 3.99. The molecule has 0 fully saturated rings. The smallest absolute Gasteiger partial charge is 0.270 e. The summed E-state index contributed by atoms with van der Waals surface area (Å²) in [5, 5.41) is 5.91. The molecule has 18 heavy (non-hydrogen) atoms. The third kappa shape index (κ3) is 4.67. The summed E-state index contributed by atoms with van der Waals surface area (Å²) < 4.78 is 4.86. The minimum Gasteiger partial charge on any atom is -0.383 e. The molecule has 1 amide bonds. The Hall–Kier alpha value is -1.69. The fraction of sp³-hybridized carbons (Fsp3) is 0.583. The van der Waals surface area contributed by atoms with Crippen molar-refractivity contribution in [3.8, 4) is 0 Å². The number of hydrogen-bond acceptors (Lipinski definition) is 5. The Morgan fingerprint density at radius 3 is 2.94 bits per heavy atom. The molecule has 0 spiro atoms. The molecule has 1 rings (SSSR count). The molecule has 1 unspecified atom stereocenters. The van der Waals surface area contributed by atoms with Crippen molar-refractivity contribution in [3.63, 3.8) is 0 Å². The first-order chi connectivity index (χ1) is 8.67. The van der Waals surface area contributed by atoms with Crippen molar-refractivity contribution < 1.29 is 9.53 Å². The number of methoxy groups -OCH3 is 1. The molecule has 0 bridgehead atoms. The topological polar surface area (TPSA) is 76.1 Å². The van der Waals surface area contributed by atoms with Gasteiger partial charge in [0.2, 0.25) is 0 Å². The highest BCUT2D eigenvalue weighted by molar-refractivity contribution is 5.92. The van der Waals surface area contributed by atoms with Gasteiger partial charge in [0.25, 0.3) is 5.91 Å². The van der Waals surface area contributed by atoms with Crippen molar-refractivity contribution in [1.29, 1.82) is 0 Å². The van der Waals surface area contributed by atoms with Crippen molar-refractivity contribution in [1.82, 2.24) is 15.3 Å². The number of aromatic nitrogens is 2. The summed E-state index contributed by atoms with van der Waals surface area (Å²) in [5.74, 6) is 0.442. The molecule has 100 valence electrons. The van der Waals surface area contributed by atoms with Crippen LogP contribution < -0.4 is 10.6 Å². The zero-order valence-electron chi connectivity index (χ0n) is 11.1. The highest BCUT2D eigenvalue weighted by atomic mass is 16.5. The van der Waals surface area contributed by atoms with Crippen LogP contribution in [0.25, 0.3) is 0 Å². The molecular weight excluding hydrogens is 232 g/mol. The molecular formula is C12H20N4O2. The number of nitrogens with zero attached hydrogens (tertiary/aromatic N) is 2. The lowest BCUT2D eigenvalue weighted by atomic mass is 10.2. The molecule has 2 N–H and O–H groups in total. The molecule has 6 nitrogen and oxygen atoms in total. The van der Waals surface area contributed by atoms with E-state index in [2.05, 4.69) is 34.4 Å². The number of hydrogen-bond donors (Lipinski definition) is 2. The molecule has 1 heterocycles. The van der Waals surface area contributed by atoms with Crippen LogP contribution in [0.2, 0.25) is 0 Å². The van der Waals surface area contributed by atoms with Crippen LogP contribution >= 0.6 is 0 Å². The molecule has 0 aliphatic rings. The SMILES string of the molecule is CCC(C)Nc1cc(C(=O)NCCOC)ncn1. The maximum Gasteiger partial charge on any atom is 0.270 e. The summed E-state index contributed by atoms with van der Waals surface area (Å²) in [4.78, 5) is 19.8. The second kappa shape index (κ2) is 7.60. The van der Waals surface area contributed by atoms with Gasteiger partial charge >= 0.3 is 0 Å². The van der Waals surface area contributed by atoms with Crippen molar-refractivity contribution in [2.24, 2.45) is 0 Å². The quantitative estimate of drug-likeness (QED) is 0.710. The van der Waals surface area contributed by atoms with Crippen molar-refractivity contribution in [2.75, 3.05) is 25.6 Å². The first kappa shape index (κ1) is 14.4. The van der Waals surface area contributed by atoms with E-state index in [1.165, 1.54) is 6.33 Å². The molecule has 1 aromatic rings. The van der Waals surface area contributed by atoms with E-state index in [1.807, 2.05) is 0 Å². The Labute approximate surface area is 107 Å². The van der Waals surface area contributed by atoms with Crippen LogP contribution in [0.3, 0.4) is 0 Å². The van der Waals surface area contributed by atoms with Gasteiger partial charge in [-0.25, -0.2) is 9.97 Å². The Morgan fingerprint density at radius 1 is 1.50 bits per heavy atom. The van der Waals surface area contributed by atoms with E-state index < -0.39 is 0 Å². The summed E-state index contributed by atoms with van der Waals surface area (Å²) >= 11 is 0. The Morgan fingerprint density at radius 2 is 2.28 bits per heavy atom. The van der Waals surface area contributed by atoms with Gasteiger partial charge in [-0.3, -0.25) is 4.79 Å². The van der Waals surface area contributed by atoms with Crippen LogP contribution in [0, 0.1) is 0 Å². The number of ether oxygens (including phenoxy) is 1. The highest BCUT2D eigenvalue weighted by Crippen LogP contribution is 2.06. The number of anilines is 1. The highest BCUT2D eigenvalue weighted by Gasteiger charge is 2.08. The Kier molecular flexibility index (Phi) is 6.07. The third-order valence-corrected chi connectivity index (χ3v) is 2.50. The molecule has 6 heteroatoms. The first-order valence-corrected chi connectivity index (χ1v) is 6.03. The van der Waals surface area contributed by atoms with Crippen LogP contribution in [0.1, 0.15) is 30.8 Å². The molecule has 0 aromatic carbocycles. The van der Waals surface area contributed by atoms with Crippen LogP contribution in [0.15, 0.2) is 12.4 Å². The summed E-state index contributed by atoms with van der Waals surface area (Å²) in [6, 6.07) is 1.96. The molecule has 0 aliphatic carbocycles. The van der Waals surface area contributed by atoms with Crippen LogP contribution in [-0.4, -0.2) is 42.2 Å². The van der Waals surface area contributed by atoms with Crippen molar-refractivity contribution in [3.05, 3.63) is 18.1 Å². The van der Waals surface area contributed by atoms with Gasteiger partial charge in [-0.1, -0.05) is 6.92 Å². The van der Waals surface area contributed by atoms with Crippen LogP contribution in [0.5, 0.6) is 0 Å². The van der Waals surface area contributed by atoms with Crippen LogP contribution in [-0.2, 0) is 4.74 Å². The monoisotopic (exact) mass is 252 g/mol. The number of nitrogens with one attached hydrogen (secondary N) is 2. The molecule has 0 aliphatic heterocycles. The van der Waals surface area contributed by atoms with Crippen molar-refractivity contribution in [2.45, 2.75) is 26.3 Å². The predicted octanol–water partition coefficient (Wildman–Crippen LogP) is 1.06. The summed E-state index contributed by atoms with van der Waals surface area (Å²) in [6.45, 7) is 5.08. The summed E-state index contributed by atoms with van der Waals surface area (Å²) in [5.41, 5.74) is 0.354. The van der Waals surface area contributed by atoms with E-state index in [1.54, 1.807) is 13.2 Å². The predicted molar refractivity (Wildman–Crippen MR) is 69.6 cm³/mol. The van der Waals surface area contributed by atoms with E-state index in [0.29, 0.717) is 30.7 Å². The molecule has 0 saturated heterocycles. The van der Waals surface area contributed by atoms with E-state index in [-0.39, 0.29) is 5.91 Å². The van der Waals surface area contributed by atoms with E-state index in [0.717, 1.165) is 6.42 Å². The lowest BCUT2D eigenvalue weighted by Crippen LogP contribution is -2.28. The lowest BCUT2D eigenvalue weighted by Gasteiger charge is -2.12. The normalized spacial score (nSPS) is 11.9. The zero-order valence-corrected chi connectivity index (χ0v) is 11.1. The molecule has 1 atom stereocenters. The maximum atomic E-state index is 11.7. The lowest BCUT2D eigenvalue weighted by molar-refractivity contribution is 0.0932. The summed E-state index contributed by atoms with van der Waals surface area (Å²) in [7, 11) is 1.59. The Balaban J connectivity index is 2.60. The molecule has 1 aromatic heterocycles. The minimum absolute atomic E-state index is 0.221. The van der Waals surface area contributed by atoms with Gasteiger partial charge in [0, 0.05) is 25.8 Å². The fourth-order valence-electron chi connectivity index (χ4n) is 1.27. The minimum atomic E-state index is -0.221. The zero-order chi connectivity index (χ0) is 13.4. The third-order valence-electron chi connectivity index (χ3n) is 2.50. The van der Waals surface area contributed by atoms with E-state index in [4.69, 9.17) is 4.74 Å². The number of amides is 1. The first-order valence-electron chi connectivity index (χ1n) is 6.03. The van der Waals surface area contributed by atoms with Gasteiger partial charge in [0.1, 0.15) is 17.8 Å². The maximum absolute atomic E-state index is 11.7. The number of carbonyl (C=O) groups excluding carboxylic acids is 1. The van der Waals surface area contributed by atoms with Gasteiger partial charge in [0.15, 0.2) is 0 Å². The molecule has 0 radical (unpaired) electrons. The average molecular weight is 252 g/mol. The largest absolute Gasteiger partial charge is 0.383 e. The van der Waals surface area contributed by atoms with E-state index >= 15 is 0 Å². The van der Waals surface area contributed by atoms with Gasteiger partial charge in [-0.15, -0.1) is 0 Å². The second-order valence-electron chi connectivity index (χ2n) is 3.99. The summed E-state index contributed by atoms with van der Waals surface area (Å²) in [6.07, 6.45) is 2.37. The van der Waals surface area contributed by atoms with Gasteiger partial charge in [0.05, 0.1) is 6.61 Å².